The molecule has 1 N–H and O–H groups in total. The fourth-order valence-corrected chi connectivity index (χ4v) is 2.92. The predicted octanol–water partition coefficient (Wildman–Crippen LogP) is 3.04. The molecule has 2 heteroatoms. The fraction of sp³-hybridized carbons (Fsp3) is 0.538. The maximum absolute atomic E-state index is 9.45. The minimum atomic E-state index is -0.247. The summed E-state index contributed by atoms with van der Waals surface area (Å²) in [7, 11) is 0. The molecule has 2 atom stereocenters. The number of aliphatic hydroxyl groups is 1. The van der Waals surface area contributed by atoms with E-state index in [-0.39, 0.29) is 11.4 Å². The molecule has 82 valence electrons. The topological polar surface area (TPSA) is 20.2 Å². The Hall–Kier alpha value is -0.470. The summed E-state index contributed by atoms with van der Waals surface area (Å²) in [5.74, 6) is 0. The van der Waals surface area contributed by atoms with Crippen LogP contribution in [0, 0.1) is 0 Å². The number of hydrogen-bond donors (Lipinski definition) is 1. The molecule has 0 saturated carbocycles. The van der Waals surface area contributed by atoms with Gasteiger partial charge in [-0.3, -0.25) is 0 Å². The van der Waals surface area contributed by atoms with E-state index >= 15 is 0 Å². The van der Waals surface area contributed by atoms with Gasteiger partial charge in [0, 0.05) is 10.1 Å². The van der Waals surface area contributed by atoms with Gasteiger partial charge < -0.3 is 5.11 Å². The highest BCUT2D eigenvalue weighted by Gasteiger charge is 2.14. The van der Waals surface area contributed by atoms with E-state index in [1.807, 2.05) is 6.92 Å². The van der Waals surface area contributed by atoms with Crippen molar-refractivity contribution in [3.8, 4) is 0 Å². The largest absolute Gasteiger partial charge is 0.392 e. The lowest BCUT2D eigenvalue weighted by atomic mass is 10.1. The number of aryl methyl sites for hydroxylation is 2. The van der Waals surface area contributed by atoms with Crippen molar-refractivity contribution >= 4 is 11.8 Å². The van der Waals surface area contributed by atoms with Crippen molar-refractivity contribution in [2.24, 2.45) is 0 Å². The molecule has 0 aromatic heterocycles. The zero-order valence-electron chi connectivity index (χ0n) is 9.36. The highest BCUT2D eigenvalue weighted by Crippen LogP contribution is 2.30. The SMILES string of the molecule is CC(O)C(C)Sc1ccc2c(c1)CCC2. The van der Waals surface area contributed by atoms with Crippen molar-refractivity contribution in [3.63, 3.8) is 0 Å². The van der Waals surface area contributed by atoms with Crippen LogP contribution in [0.3, 0.4) is 0 Å². The average molecular weight is 222 g/mol. The second-order valence-electron chi connectivity index (χ2n) is 4.35. The number of benzene rings is 1. The van der Waals surface area contributed by atoms with E-state index in [4.69, 9.17) is 0 Å². The van der Waals surface area contributed by atoms with Crippen LogP contribution >= 0.6 is 11.8 Å². The average Bonchev–Trinajstić information content (AvgIpc) is 2.64. The van der Waals surface area contributed by atoms with Crippen LogP contribution in [0.5, 0.6) is 0 Å². The molecule has 1 aromatic rings. The minimum absolute atomic E-state index is 0.247. The molecule has 0 fully saturated rings. The Labute approximate surface area is 95.9 Å². The molecule has 2 rings (SSSR count). The van der Waals surface area contributed by atoms with Crippen LogP contribution in [0.4, 0.5) is 0 Å². The van der Waals surface area contributed by atoms with Gasteiger partial charge in [-0.15, -0.1) is 11.8 Å². The second-order valence-corrected chi connectivity index (χ2v) is 5.80. The summed E-state index contributed by atoms with van der Waals surface area (Å²) >= 11 is 1.77. The molecule has 1 aliphatic rings. The molecular weight excluding hydrogens is 204 g/mol. The summed E-state index contributed by atoms with van der Waals surface area (Å²) in [6.45, 7) is 3.92. The quantitative estimate of drug-likeness (QED) is 0.793. The van der Waals surface area contributed by atoms with E-state index in [0.29, 0.717) is 0 Å². The van der Waals surface area contributed by atoms with E-state index in [0.717, 1.165) is 0 Å². The summed E-state index contributed by atoms with van der Waals surface area (Å²) < 4.78 is 0. The number of hydrogen-bond acceptors (Lipinski definition) is 2. The standard InChI is InChI=1S/C13H18OS/c1-9(14)10(2)15-13-7-6-11-4-3-5-12(11)8-13/h6-10,14H,3-5H2,1-2H3. The molecule has 0 aliphatic heterocycles. The van der Waals surface area contributed by atoms with Gasteiger partial charge in [-0.05, 0) is 49.4 Å². The maximum atomic E-state index is 9.45. The van der Waals surface area contributed by atoms with Gasteiger partial charge in [0.15, 0.2) is 0 Å². The third kappa shape index (κ3) is 2.56. The highest BCUT2D eigenvalue weighted by molar-refractivity contribution is 8.00. The molecule has 0 bridgehead atoms. The van der Waals surface area contributed by atoms with Crippen LogP contribution in [0.25, 0.3) is 0 Å². The summed E-state index contributed by atoms with van der Waals surface area (Å²) in [4.78, 5) is 1.30. The van der Waals surface area contributed by atoms with Crippen LogP contribution in [0.15, 0.2) is 23.1 Å². The molecule has 0 spiro atoms. The lowest BCUT2D eigenvalue weighted by molar-refractivity contribution is 0.196. The first-order chi connectivity index (χ1) is 7.16. The Morgan fingerprint density at radius 1 is 1.20 bits per heavy atom. The fourth-order valence-electron chi connectivity index (χ4n) is 1.93. The monoisotopic (exact) mass is 222 g/mol. The third-order valence-corrected chi connectivity index (χ3v) is 4.36. The van der Waals surface area contributed by atoms with Crippen molar-refractivity contribution in [2.45, 2.75) is 49.4 Å². The van der Waals surface area contributed by atoms with Crippen molar-refractivity contribution < 1.29 is 5.11 Å². The zero-order valence-corrected chi connectivity index (χ0v) is 10.2. The van der Waals surface area contributed by atoms with E-state index in [1.54, 1.807) is 11.8 Å². The van der Waals surface area contributed by atoms with Gasteiger partial charge >= 0.3 is 0 Å². The summed E-state index contributed by atoms with van der Waals surface area (Å²) in [6.07, 6.45) is 3.53. The molecule has 1 nitrogen and oxygen atoms in total. The van der Waals surface area contributed by atoms with Gasteiger partial charge in [0.2, 0.25) is 0 Å². The lowest BCUT2D eigenvalue weighted by Crippen LogP contribution is -2.14. The number of aliphatic hydroxyl groups excluding tert-OH is 1. The lowest BCUT2D eigenvalue weighted by Gasteiger charge is -2.14. The first-order valence-electron chi connectivity index (χ1n) is 5.63. The normalized spacial score (nSPS) is 18.6. The molecule has 0 saturated heterocycles. The smallest absolute Gasteiger partial charge is 0.0631 e. The van der Waals surface area contributed by atoms with Crippen molar-refractivity contribution in [1.29, 1.82) is 0 Å². The predicted molar refractivity (Wildman–Crippen MR) is 65.5 cm³/mol. The van der Waals surface area contributed by atoms with Gasteiger partial charge in [-0.1, -0.05) is 13.0 Å². The van der Waals surface area contributed by atoms with Gasteiger partial charge in [0.05, 0.1) is 6.10 Å². The van der Waals surface area contributed by atoms with Crippen LogP contribution in [-0.4, -0.2) is 16.5 Å². The summed E-state index contributed by atoms with van der Waals surface area (Å²) in [5, 5.41) is 9.72. The van der Waals surface area contributed by atoms with Crippen molar-refractivity contribution in [1.82, 2.24) is 0 Å². The molecule has 15 heavy (non-hydrogen) atoms. The van der Waals surface area contributed by atoms with Gasteiger partial charge in [-0.2, -0.15) is 0 Å². The van der Waals surface area contributed by atoms with Crippen LogP contribution < -0.4 is 0 Å². The Balaban J connectivity index is 2.10. The van der Waals surface area contributed by atoms with Gasteiger partial charge in [0.1, 0.15) is 0 Å². The highest BCUT2D eigenvalue weighted by atomic mass is 32.2. The molecule has 1 aliphatic carbocycles. The van der Waals surface area contributed by atoms with E-state index in [1.165, 1.54) is 35.3 Å². The molecule has 1 aromatic carbocycles. The van der Waals surface area contributed by atoms with E-state index in [2.05, 4.69) is 25.1 Å². The Kier molecular flexibility index (Phi) is 3.37. The Morgan fingerprint density at radius 3 is 2.67 bits per heavy atom. The molecule has 0 heterocycles. The zero-order chi connectivity index (χ0) is 10.8. The van der Waals surface area contributed by atoms with Gasteiger partial charge in [-0.25, -0.2) is 0 Å². The Bertz CT molecular complexity index is 346. The Morgan fingerprint density at radius 2 is 1.93 bits per heavy atom. The van der Waals surface area contributed by atoms with Crippen LogP contribution in [-0.2, 0) is 12.8 Å². The van der Waals surface area contributed by atoms with Crippen LogP contribution in [0.2, 0.25) is 0 Å². The first-order valence-corrected chi connectivity index (χ1v) is 6.51. The molecule has 0 radical (unpaired) electrons. The second kappa shape index (κ2) is 4.58. The number of fused-ring (bicyclic) bond motifs is 1. The van der Waals surface area contributed by atoms with Crippen molar-refractivity contribution in [3.05, 3.63) is 29.3 Å². The molecule has 2 unspecified atom stereocenters. The third-order valence-electron chi connectivity index (χ3n) is 3.07. The number of thioether (sulfide) groups is 1. The molecular formula is C13H18OS. The molecule has 0 amide bonds. The van der Waals surface area contributed by atoms with E-state index < -0.39 is 0 Å². The summed E-state index contributed by atoms with van der Waals surface area (Å²) in [6, 6.07) is 6.74. The van der Waals surface area contributed by atoms with Crippen molar-refractivity contribution in [2.75, 3.05) is 0 Å². The number of rotatable bonds is 3. The minimum Gasteiger partial charge on any atom is -0.392 e. The maximum Gasteiger partial charge on any atom is 0.0631 e. The van der Waals surface area contributed by atoms with Gasteiger partial charge in [0.25, 0.3) is 0 Å². The van der Waals surface area contributed by atoms with Crippen LogP contribution in [0.1, 0.15) is 31.4 Å². The first kappa shape index (κ1) is 11.0. The summed E-state index contributed by atoms with van der Waals surface area (Å²) in [5.41, 5.74) is 3.03. The van der Waals surface area contributed by atoms with E-state index in [9.17, 15) is 5.11 Å².